The molecule has 1 aliphatic rings. The van der Waals surface area contributed by atoms with Crippen LogP contribution in [-0.4, -0.2) is 5.71 Å². The molecular formula is C33H46FN. The van der Waals surface area contributed by atoms with Gasteiger partial charge in [-0.05, 0) is 112 Å². The van der Waals surface area contributed by atoms with Crippen LogP contribution in [0.25, 0.3) is 0 Å². The predicted octanol–water partition coefficient (Wildman–Crippen LogP) is 10.2. The van der Waals surface area contributed by atoms with Crippen LogP contribution in [0.2, 0.25) is 0 Å². The number of halogens is 1. The van der Waals surface area contributed by atoms with Crippen molar-refractivity contribution in [1.29, 1.82) is 5.41 Å². The quantitative estimate of drug-likeness (QED) is 0.157. The molecule has 0 amide bonds. The third-order valence-corrected chi connectivity index (χ3v) is 7.02. The zero-order chi connectivity index (χ0) is 26.1. The van der Waals surface area contributed by atoms with E-state index in [4.69, 9.17) is 5.41 Å². The maximum atomic E-state index is 14.8. The molecule has 1 fully saturated rings. The highest BCUT2D eigenvalue weighted by molar-refractivity contribution is 5.99. The molecule has 0 bridgehead atoms. The van der Waals surface area contributed by atoms with E-state index in [0.717, 1.165) is 48.3 Å². The molecule has 1 saturated carbocycles. The van der Waals surface area contributed by atoms with Gasteiger partial charge in [0.15, 0.2) is 0 Å². The number of benzene rings is 1. The SMILES string of the molecule is C=C/C(F)=C(\C=C(/C)CC)C(/C)=C(\CC(C)C)C(=N)CCc1cccc(C(CC(=C)C)C2CC2)c1. The van der Waals surface area contributed by atoms with Gasteiger partial charge in [-0.1, -0.05) is 68.8 Å². The number of aryl methyl sites for hydroxylation is 1. The molecule has 0 aromatic heterocycles. The molecule has 0 aliphatic heterocycles. The molecule has 0 heterocycles. The summed E-state index contributed by atoms with van der Waals surface area (Å²) in [6.45, 7) is 20.3. The monoisotopic (exact) mass is 475 g/mol. The lowest BCUT2D eigenvalue weighted by Gasteiger charge is -2.19. The number of nitrogens with one attached hydrogen (secondary N) is 1. The largest absolute Gasteiger partial charge is 0.305 e. The van der Waals surface area contributed by atoms with Gasteiger partial charge in [0, 0.05) is 11.3 Å². The van der Waals surface area contributed by atoms with Crippen molar-refractivity contribution in [3.05, 3.63) is 94.4 Å². The molecule has 1 aromatic carbocycles. The smallest absolute Gasteiger partial charge is 0.130 e. The van der Waals surface area contributed by atoms with Crippen molar-refractivity contribution in [3.8, 4) is 0 Å². The molecule has 0 spiro atoms. The van der Waals surface area contributed by atoms with Gasteiger partial charge in [0.1, 0.15) is 5.83 Å². The normalized spacial score (nSPS) is 16.5. The first-order valence-corrected chi connectivity index (χ1v) is 13.3. The minimum atomic E-state index is -0.319. The molecule has 1 nitrogen and oxygen atoms in total. The molecule has 2 heteroatoms. The summed E-state index contributed by atoms with van der Waals surface area (Å²) in [6, 6.07) is 8.94. The summed E-state index contributed by atoms with van der Waals surface area (Å²) in [5.74, 6) is 1.41. The third-order valence-electron chi connectivity index (χ3n) is 7.02. The van der Waals surface area contributed by atoms with Crippen molar-refractivity contribution in [2.45, 2.75) is 92.4 Å². The first kappa shape index (κ1) is 28.8. The Balaban J connectivity index is 2.30. The minimum Gasteiger partial charge on any atom is -0.305 e. The van der Waals surface area contributed by atoms with E-state index >= 15 is 0 Å². The highest BCUT2D eigenvalue weighted by atomic mass is 19.1. The Morgan fingerprint density at radius 2 is 1.86 bits per heavy atom. The van der Waals surface area contributed by atoms with Crippen molar-refractivity contribution in [2.75, 3.05) is 0 Å². The molecule has 35 heavy (non-hydrogen) atoms. The van der Waals surface area contributed by atoms with Crippen molar-refractivity contribution < 1.29 is 4.39 Å². The van der Waals surface area contributed by atoms with Gasteiger partial charge in [0.2, 0.25) is 0 Å². The zero-order valence-corrected chi connectivity index (χ0v) is 22.9. The fourth-order valence-electron chi connectivity index (χ4n) is 4.72. The average molecular weight is 476 g/mol. The van der Waals surface area contributed by atoms with Gasteiger partial charge in [0.25, 0.3) is 0 Å². The fraction of sp³-hybridized carbons (Fsp3) is 0.485. The second-order valence-corrected chi connectivity index (χ2v) is 10.8. The van der Waals surface area contributed by atoms with Crippen LogP contribution in [0.4, 0.5) is 4.39 Å². The van der Waals surface area contributed by atoms with Crippen LogP contribution in [0, 0.1) is 17.2 Å². The molecule has 0 saturated heterocycles. The fourth-order valence-corrected chi connectivity index (χ4v) is 4.72. The third kappa shape index (κ3) is 8.91. The first-order valence-electron chi connectivity index (χ1n) is 13.3. The standard InChI is InChI=1S/C33H46FN/c1-9-24(7)20-29(32(34)10-2)25(8)30(18-22(3)4)33(35)17-14-26-12-11-13-28(21-26)31(19-23(5)6)27-15-16-27/h10-13,20-22,27,31,35H,2,5,9,14-19H2,1,3-4,6-8H3/b24-20+,30-25+,32-29-,35-33?. The van der Waals surface area contributed by atoms with Gasteiger partial charge in [-0.15, -0.1) is 6.58 Å². The molecular weight excluding hydrogens is 429 g/mol. The van der Waals surface area contributed by atoms with E-state index in [1.165, 1.54) is 35.6 Å². The Bertz CT molecular complexity index is 1010. The van der Waals surface area contributed by atoms with Crippen LogP contribution >= 0.6 is 0 Å². The lowest BCUT2D eigenvalue weighted by molar-refractivity contribution is 0.599. The van der Waals surface area contributed by atoms with E-state index in [0.29, 0.717) is 29.5 Å². The van der Waals surface area contributed by atoms with Gasteiger partial charge in [-0.3, -0.25) is 0 Å². The van der Waals surface area contributed by atoms with Crippen LogP contribution in [0.5, 0.6) is 0 Å². The Morgan fingerprint density at radius 3 is 2.40 bits per heavy atom. The Hall–Kier alpha value is -2.48. The van der Waals surface area contributed by atoms with E-state index in [-0.39, 0.29) is 5.83 Å². The maximum Gasteiger partial charge on any atom is 0.130 e. The molecule has 1 N–H and O–H groups in total. The number of rotatable bonds is 14. The van der Waals surface area contributed by atoms with Crippen LogP contribution < -0.4 is 0 Å². The Kier molecular flexibility index (Phi) is 11.1. The Morgan fingerprint density at radius 1 is 1.17 bits per heavy atom. The van der Waals surface area contributed by atoms with E-state index < -0.39 is 0 Å². The van der Waals surface area contributed by atoms with Crippen molar-refractivity contribution in [1.82, 2.24) is 0 Å². The highest BCUT2D eigenvalue weighted by Gasteiger charge is 2.32. The summed E-state index contributed by atoms with van der Waals surface area (Å²) in [5, 5.41) is 8.99. The number of allylic oxidation sites excluding steroid dienone is 8. The summed E-state index contributed by atoms with van der Waals surface area (Å²) >= 11 is 0. The molecule has 0 radical (unpaired) electrons. The molecule has 1 aromatic rings. The maximum absolute atomic E-state index is 14.8. The highest BCUT2D eigenvalue weighted by Crippen LogP contribution is 2.45. The summed E-state index contributed by atoms with van der Waals surface area (Å²) in [7, 11) is 0. The topological polar surface area (TPSA) is 23.9 Å². The van der Waals surface area contributed by atoms with E-state index in [1.807, 2.05) is 19.9 Å². The minimum absolute atomic E-state index is 0.319. The van der Waals surface area contributed by atoms with Crippen molar-refractivity contribution >= 4 is 5.71 Å². The molecule has 190 valence electrons. The summed E-state index contributed by atoms with van der Waals surface area (Å²) in [4.78, 5) is 0. The average Bonchev–Trinajstić information content (AvgIpc) is 3.67. The second kappa shape index (κ2) is 13.6. The molecule has 1 atom stereocenters. The summed E-state index contributed by atoms with van der Waals surface area (Å²) < 4.78 is 14.8. The van der Waals surface area contributed by atoms with E-state index in [2.05, 4.69) is 65.1 Å². The summed E-state index contributed by atoms with van der Waals surface area (Å²) in [5.41, 5.74) is 8.04. The summed E-state index contributed by atoms with van der Waals surface area (Å²) in [6.07, 6.45) is 9.98. The van der Waals surface area contributed by atoms with Gasteiger partial charge in [-0.2, -0.15) is 0 Å². The van der Waals surface area contributed by atoms with Gasteiger partial charge >= 0.3 is 0 Å². The molecule has 1 aliphatic carbocycles. The lowest BCUT2D eigenvalue weighted by Crippen LogP contribution is -2.10. The number of hydrogen-bond donors (Lipinski definition) is 1. The van der Waals surface area contributed by atoms with Gasteiger partial charge < -0.3 is 5.41 Å². The molecule has 2 rings (SSSR count). The lowest BCUT2D eigenvalue weighted by atomic mass is 9.86. The van der Waals surface area contributed by atoms with Gasteiger partial charge in [-0.25, -0.2) is 4.39 Å². The van der Waals surface area contributed by atoms with E-state index in [9.17, 15) is 4.39 Å². The number of hydrogen-bond acceptors (Lipinski definition) is 1. The van der Waals surface area contributed by atoms with Crippen molar-refractivity contribution in [2.24, 2.45) is 11.8 Å². The van der Waals surface area contributed by atoms with Crippen LogP contribution in [0.1, 0.15) is 97.1 Å². The Labute approximate surface area is 214 Å². The second-order valence-electron chi connectivity index (χ2n) is 10.8. The van der Waals surface area contributed by atoms with E-state index in [1.54, 1.807) is 0 Å². The van der Waals surface area contributed by atoms with Crippen LogP contribution in [-0.2, 0) is 6.42 Å². The first-order chi connectivity index (χ1) is 16.6. The molecule has 1 unspecified atom stereocenters. The predicted molar refractivity (Wildman–Crippen MR) is 152 cm³/mol. The van der Waals surface area contributed by atoms with Crippen LogP contribution in [0.15, 0.2) is 83.3 Å². The van der Waals surface area contributed by atoms with Crippen LogP contribution in [0.3, 0.4) is 0 Å². The van der Waals surface area contributed by atoms with Crippen molar-refractivity contribution in [3.63, 3.8) is 0 Å². The van der Waals surface area contributed by atoms with Gasteiger partial charge in [0.05, 0.1) is 0 Å². The zero-order valence-electron chi connectivity index (χ0n) is 22.9.